The number of nitrogens with zero attached hydrogens (tertiary/aromatic N) is 2. The molecule has 0 radical (unpaired) electrons. The number of aliphatic hydroxyl groups excluding tert-OH is 1. The number of likely N-dealkylation sites (tertiary alicyclic amines) is 1. The Labute approximate surface area is 149 Å². The molecular formula is C19H28N2O2S. The predicted octanol–water partition coefficient (Wildman–Crippen LogP) is 2.40. The van der Waals surface area contributed by atoms with Crippen molar-refractivity contribution in [2.24, 2.45) is 5.92 Å². The normalized spacial score (nSPS) is 23.0. The summed E-state index contributed by atoms with van der Waals surface area (Å²) in [6, 6.07) is 9.86. The Bertz CT molecular complexity index is 525. The first kappa shape index (κ1) is 17.8. The van der Waals surface area contributed by atoms with Gasteiger partial charge in [-0.3, -0.25) is 9.69 Å². The lowest BCUT2D eigenvalue weighted by atomic mass is 9.87. The monoisotopic (exact) mass is 348 g/mol. The van der Waals surface area contributed by atoms with Crippen molar-refractivity contribution in [2.75, 3.05) is 37.7 Å². The second-order valence-electron chi connectivity index (χ2n) is 6.84. The summed E-state index contributed by atoms with van der Waals surface area (Å²) in [7, 11) is 0. The summed E-state index contributed by atoms with van der Waals surface area (Å²) in [5.74, 6) is 2.76. The first-order chi connectivity index (χ1) is 11.7. The van der Waals surface area contributed by atoms with E-state index >= 15 is 0 Å². The summed E-state index contributed by atoms with van der Waals surface area (Å²) >= 11 is 1.97. The number of carbonyl (C=O) groups is 1. The molecule has 2 aliphatic heterocycles. The molecule has 1 N–H and O–H groups in total. The fraction of sp³-hybridized carbons (Fsp3) is 0.632. The van der Waals surface area contributed by atoms with Gasteiger partial charge in [-0.05, 0) is 31.2 Å². The maximum absolute atomic E-state index is 12.8. The fourth-order valence-electron chi connectivity index (χ4n) is 3.74. The molecule has 2 aliphatic rings. The molecule has 1 aromatic rings. The van der Waals surface area contributed by atoms with Crippen molar-refractivity contribution in [1.82, 2.24) is 9.80 Å². The first-order valence-corrected chi connectivity index (χ1v) is 10.2. The molecule has 5 heteroatoms. The predicted molar refractivity (Wildman–Crippen MR) is 99.1 cm³/mol. The topological polar surface area (TPSA) is 43.8 Å². The van der Waals surface area contributed by atoms with Crippen LogP contribution in [-0.4, -0.2) is 64.5 Å². The number of rotatable bonds is 4. The summed E-state index contributed by atoms with van der Waals surface area (Å²) in [5.41, 5.74) is 0.987. The van der Waals surface area contributed by atoms with Gasteiger partial charge in [-0.1, -0.05) is 30.3 Å². The van der Waals surface area contributed by atoms with Gasteiger partial charge in [0.1, 0.15) is 0 Å². The van der Waals surface area contributed by atoms with E-state index in [1.807, 2.05) is 53.9 Å². The zero-order chi connectivity index (χ0) is 16.9. The number of hydrogen-bond acceptors (Lipinski definition) is 4. The Morgan fingerprint density at radius 3 is 2.38 bits per heavy atom. The number of carbonyl (C=O) groups excluding carboxylic acids is 1. The Morgan fingerprint density at radius 2 is 1.75 bits per heavy atom. The Morgan fingerprint density at radius 1 is 1.12 bits per heavy atom. The highest BCUT2D eigenvalue weighted by Gasteiger charge is 2.32. The third-order valence-electron chi connectivity index (χ3n) is 5.39. The second-order valence-corrected chi connectivity index (χ2v) is 8.07. The van der Waals surface area contributed by atoms with Crippen LogP contribution in [0.2, 0.25) is 0 Å². The van der Waals surface area contributed by atoms with E-state index in [4.69, 9.17) is 0 Å². The number of piperidine rings is 1. The molecule has 2 saturated heterocycles. The summed E-state index contributed by atoms with van der Waals surface area (Å²) in [4.78, 5) is 17.1. The van der Waals surface area contributed by atoms with Gasteiger partial charge in [0.05, 0.1) is 12.1 Å². The van der Waals surface area contributed by atoms with E-state index in [1.165, 1.54) is 0 Å². The van der Waals surface area contributed by atoms with Gasteiger partial charge in [-0.2, -0.15) is 11.8 Å². The Hall–Kier alpha value is -1.04. The summed E-state index contributed by atoms with van der Waals surface area (Å²) in [5, 5.41) is 10.6. The van der Waals surface area contributed by atoms with E-state index in [9.17, 15) is 9.90 Å². The zero-order valence-electron chi connectivity index (χ0n) is 14.4. The molecule has 2 unspecified atom stereocenters. The molecule has 132 valence electrons. The van der Waals surface area contributed by atoms with Crippen LogP contribution < -0.4 is 0 Å². The molecular weight excluding hydrogens is 320 g/mol. The molecule has 1 amide bonds. The third-order valence-corrected chi connectivity index (χ3v) is 6.33. The van der Waals surface area contributed by atoms with Gasteiger partial charge < -0.3 is 10.0 Å². The summed E-state index contributed by atoms with van der Waals surface area (Å²) < 4.78 is 0. The van der Waals surface area contributed by atoms with Crippen LogP contribution in [0.15, 0.2) is 30.3 Å². The minimum absolute atomic E-state index is 0.0125. The van der Waals surface area contributed by atoms with E-state index in [2.05, 4.69) is 4.90 Å². The van der Waals surface area contributed by atoms with E-state index in [0.29, 0.717) is 0 Å². The van der Waals surface area contributed by atoms with Gasteiger partial charge in [0.25, 0.3) is 0 Å². The maximum Gasteiger partial charge on any atom is 0.239 e. The van der Waals surface area contributed by atoms with Crippen LogP contribution in [0.1, 0.15) is 31.4 Å². The molecule has 2 heterocycles. The molecule has 24 heavy (non-hydrogen) atoms. The minimum Gasteiger partial charge on any atom is -0.388 e. The van der Waals surface area contributed by atoms with Gasteiger partial charge >= 0.3 is 0 Å². The Balaban J connectivity index is 1.51. The molecule has 0 bridgehead atoms. The summed E-state index contributed by atoms with van der Waals surface area (Å²) in [6.45, 7) is 5.60. The van der Waals surface area contributed by atoms with Crippen molar-refractivity contribution >= 4 is 17.7 Å². The standard InChI is InChI=1S/C19H28N2O2S/c1-15(20-11-13-24-14-12-20)19(23)21-9-7-17(8-10-21)18(22)16-5-3-2-4-6-16/h2-6,15,17-18,22H,7-14H2,1H3. The van der Waals surface area contributed by atoms with Gasteiger partial charge in [-0.25, -0.2) is 0 Å². The van der Waals surface area contributed by atoms with Crippen LogP contribution in [0.3, 0.4) is 0 Å². The lowest BCUT2D eigenvalue weighted by Crippen LogP contribution is -2.51. The fourth-order valence-corrected chi connectivity index (χ4v) is 4.67. The van der Waals surface area contributed by atoms with Gasteiger partial charge in [0.15, 0.2) is 0 Å². The van der Waals surface area contributed by atoms with Crippen LogP contribution >= 0.6 is 11.8 Å². The van der Waals surface area contributed by atoms with E-state index < -0.39 is 6.10 Å². The molecule has 1 aromatic carbocycles. The third kappa shape index (κ3) is 4.13. The van der Waals surface area contributed by atoms with Crippen molar-refractivity contribution in [3.8, 4) is 0 Å². The van der Waals surface area contributed by atoms with E-state index in [-0.39, 0.29) is 17.9 Å². The molecule has 2 fully saturated rings. The number of benzene rings is 1. The van der Waals surface area contributed by atoms with Gasteiger partial charge in [0.2, 0.25) is 5.91 Å². The van der Waals surface area contributed by atoms with Crippen molar-refractivity contribution < 1.29 is 9.90 Å². The second kappa shape index (κ2) is 8.37. The molecule has 0 aromatic heterocycles. The zero-order valence-corrected chi connectivity index (χ0v) is 15.3. The molecule has 0 spiro atoms. The van der Waals surface area contributed by atoms with Crippen molar-refractivity contribution in [3.05, 3.63) is 35.9 Å². The van der Waals surface area contributed by atoms with Crippen molar-refractivity contribution in [1.29, 1.82) is 0 Å². The van der Waals surface area contributed by atoms with Crippen LogP contribution in [0.5, 0.6) is 0 Å². The Kier molecular flexibility index (Phi) is 6.19. The highest BCUT2D eigenvalue weighted by Crippen LogP contribution is 2.31. The average molecular weight is 349 g/mol. The van der Waals surface area contributed by atoms with Crippen LogP contribution in [0.4, 0.5) is 0 Å². The molecule has 0 aliphatic carbocycles. The van der Waals surface area contributed by atoms with Crippen LogP contribution in [0, 0.1) is 5.92 Å². The first-order valence-electron chi connectivity index (χ1n) is 9.00. The average Bonchev–Trinajstić information content (AvgIpc) is 2.68. The van der Waals surface area contributed by atoms with Crippen molar-refractivity contribution in [2.45, 2.75) is 31.9 Å². The summed E-state index contributed by atoms with van der Waals surface area (Å²) in [6.07, 6.45) is 1.34. The van der Waals surface area contributed by atoms with E-state index in [1.54, 1.807) is 0 Å². The van der Waals surface area contributed by atoms with Gasteiger partial charge in [0, 0.05) is 37.7 Å². The van der Waals surface area contributed by atoms with Gasteiger partial charge in [-0.15, -0.1) is 0 Å². The quantitative estimate of drug-likeness (QED) is 0.907. The van der Waals surface area contributed by atoms with Crippen LogP contribution in [0.25, 0.3) is 0 Å². The highest BCUT2D eigenvalue weighted by atomic mass is 32.2. The number of hydrogen-bond donors (Lipinski definition) is 1. The SMILES string of the molecule is CC(C(=O)N1CCC(C(O)c2ccccc2)CC1)N1CCSCC1. The van der Waals surface area contributed by atoms with Crippen molar-refractivity contribution in [3.63, 3.8) is 0 Å². The van der Waals surface area contributed by atoms with Crippen LogP contribution in [-0.2, 0) is 4.79 Å². The highest BCUT2D eigenvalue weighted by molar-refractivity contribution is 7.99. The molecule has 3 rings (SSSR count). The van der Waals surface area contributed by atoms with E-state index in [0.717, 1.165) is 56.1 Å². The number of aliphatic hydroxyl groups is 1. The lowest BCUT2D eigenvalue weighted by Gasteiger charge is -2.38. The molecule has 2 atom stereocenters. The largest absolute Gasteiger partial charge is 0.388 e. The lowest BCUT2D eigenvalue weighted by molar-refractivity contribution is -0.138. The molecule has 4 nitrogen and oxygen atoms in total. The number of thioether (sulfide) groups is 1. The smallest absolute Gasteiger partial charge is 0.239 e. The maximum atomic E-state index is 12.8. The molecule has 0 saturated carbocycles. The number of amides is 1. The minimum atomic E-state index is -0.417.